The smallest absolute Gasteiger partial charge is 0.328 e. The number of carbonyl (C=O) groups excluding carboxylic acids is 1. The summed E-state index contributed by atoms with van der Waals surface area (Å²) in [5.41, 5.74) is 6.72. The number of carbonyl (C=O) groups is 1. The number of halogens is 3. The summed E-state index contributed by atoms with van der Waals surface area (Å²) in [6.45, 7) is 1.82. The molecule has 112 valence electrons. The second-order valence-corrected chi connectivity index (χ2v) is 4.88. The van der Waals surface area contributed by atoms with E-state index in [4.69, 9.17) is 5.73 Å². The average Bonchev–Trinajstić information content (AvgIpc) is 2.34. The zero-order valence-electron chi connectivity index (χ0n) is 11.3. The number of benzene rings is 1. The van der Waals surface area contributed by atoms with Crippen molar-refractivity contribution in [2.24, 2.45) is 5.73 Å². The van der Waals surface area contributed by atoms with E-state index in [9.17, 15) is 18.0 Å². The maximum absolute atomic E-state index is 12.1. The molecule has 20 heavy (non-hydrogen) atoms. The van der Waals surface area contributed by atoms with Crippen molar-refractivity contribution in [2.75, 3.05) is 5.32 Å². The minimum absolute atomic E-state index is 0.0366. The van der Waals surface area contributed by atoms with Crippen LogP contribution in [0.15, 0.2) is 24.3 Å². The molecule has 0 saturated heterocycles. The van der Waals surface area contributed by atoms with Crippen LogP contribution in [0.4, 0.5) is 18.9 Å². The zero-order valence-corrected chi connectivity index (χ0v) is 11.3. The van der Waals surface area contributed by atoms with E-state index in [-0.39, 0.29) is 18.4 Å². The van der Waals surface area contributed by atoms with Crippen molar-refractivity contribution in [1.82, 2.24) is 0 Å². The van der Waals surface area contributed by atoms with Crippen LogP contribution in [-0.4, -0.2) is 18.1 Å². The maximum atomic E-state index is 12.1. The van der Waals surface area contributed by atoms with E-state index >= 15 is 0 Å². The quantitative estimate of drug-likeness (QED) is 0.844. The second kappa shape index (κ2) is 7.28. The van der Waals surface area contributed by atoms with E-state index in [2.05, 4.69) is 5.32 Å². The Bertz CT molecular complexity index is 427. The SMILES string of the molecule is CC(N)CCC(=O)Nc1ccc(CCC(F)(F)F)cc1. The number of hydrogen-bond donors (Lipinski definition) is 2. The molecular formula is C14H19F3N2O. The molecule has 1 unspecified atom stereocenters. The van der Waals surface area contributed by atoms with Crippen LogP contribution in [0, 0.1) is 0 Å². The van der Waals surface area contributed by atoms with Crippen LogP contribution in [0.3, 0.4) is 0 Å². The van der Waals surface area contributed by atoms with Gasteiger partial charge in [0.15, 0.2) is 0 Å². The van der Waals surface area contributed by atoms with Crippen molar-refractivity contribution < 1.29 is 18.0 Å². The second-order valence-electron chi connectivity index (χ2n) is 4.88. The third kappa shape index (κ3) is 7.13. The highest BCUT2D eigenvalue weighted by Crippen LogP contribution is 2.22. The van der Waals surface area contributed by atoms with Gasteiger partial charge in [-0.1, -0.05) is 12.1 Å². The van der Waals surface area contributed by atoms with Crippen molar-refractivity contribution in [3.63, 3.8) is 0 Å². The summed E-state index contributed by atoms with van der Waals surface area (Å²) >= 11 is 0. The molecular weight excluding hydrogens is 269 g/mol. The average molecular weight is 288 g/mol. The number of nitrogens with one attached hydrogen (secondary N) is 1. The van der Waals surface area contributed by atoms with Crippen LogP contribution in [0.5, 0.6) is 0 Å². The van der Waals surface area contributed by atoms with Gasteiger partial charge in [-0.15, -0.1) is 0 Å². The third-order valence-corrected chi connectivity index (χ3v) is 2.76. The molecule has 0 spiro atoms. The summed E-state index contributed by atoms with van der Waals surface area (Å²) in [6, 6.07) is 6.36. The van der Waals surface area contributed by atoms with Gasteiger partial charge >= 0.3 is 6.18 Å². The number of rotatable bonds is 6. The van der Waals surface area contributed by atoms with Gasteiger partial charge in [0.05, 0.1) is 0 Å². The van der Waals surface area contributed by atoms with E-state index in [1.54, 1.807) is 24.3 Å². The maximum Gasteiger partial charge on any atom is 0.389 e. The Morgan fingerprint density at radius 3 is 2.40 bits per heavy atom. The molecule has 0 fully saturated rings. The molecule has 0 bridgehead atoms. The standard InChI is InChI=1S/C14H19F3N2O/c1-10(18)2-7-13(20)19-12-5-3-11(4-6-12)8-9-14(15,16)17/h3-6,10H,2,7-9,18H2,1H3,(H,19,20). The number of nitrogens with two attached hydrogens (primary N) is 1. The first-order valence-corrected chi connectivity index (χ1v) is 6.47. The highest BCUT2D eigenvalue weighted by atomic mass is 19.4. The van der Waals surface area contributed by atoms with E-state index in [1.165, 1.54) is 0 Å². The molecule has 1 atom stereocenters. The van der Waals surface area contributed by atoms with Gasteiger partial charge in [-0.05, 0) is 37.5 Å². The fourth-order valence-corrected chi connectivity index (χ4v) is 1.62. The first kappa shape index (κ1) is 16.5. The summed E-state index contributed by atoms with van der Waals surface area (Å²) < 4.78 is 36.2. The molecule has 0 aliphatic rings. The Kier molecular flexibility index (Phi) is 6.01. The van der Waals surface area contributed by atoms with E-state index in [1.807, 2.05) is 6.92 Å². The zero-order chi connectivity index (χ0) is 15.2. The predicted molar refractivity (Wildman–Crippen MR) is 72.3 cm³/mol. The number of amides is 1. The molecule has 3 N–H and O–H groups in total. The van der Waals surface area contributed by atoms with Crippen molar-refractivity contribution in [3.8, 4) is 0 Å². The van der Waals surface area contributed by atoms with Gasteiger partial charge in [0.25, 0.3) is 0 Å². The Morgan fingerprint density at radius 2 is 1.90 bits per heavy atom. The monoisotopic (exact) mass is 288 g/mol. The van der Waals surface area contributed by atoms with Crippen LogP contribution in [0.25, 0.3) is 0 Å². The molecule has 0 heterocycles. The Labute approximate surface area is 116 Å². The minimum Gasteiger partial charge on any atom is -0.328 e. The van der Waals surface area contributed by atoms with Crippen molar-refractivity contribution in [2.45, 2.75) is 44.8 Å². The lowest BCUT2D eigenvalue weighted by atomic mass is 10.1. The predicted octanol–water partition coefficient (Wildman–Crippen LogP) is 3.25. The lowest BCUT2D eigenvalue weighted by Gasteiger charge is -2.09. The van der Waals surface area contributed by atoms with Gasteiger partial charge in [0, 0.05) is 24.6 Å². The highest BCUT2D eigenvalue weighted by molar-refractivity contribution is 5.90. The normalized spacial score (nSPS) is 13.1. The highest BCUT2D eigenvalue weighted by Gasteiger charge is 2.26. The van der Waals surface area contributed by atoms with Gasteiger partial charge in [-0.3, -0.25) is 4.79 Å². The van der Waals surface area contributed by atoms with Crippen LogP contribution in [0.2, 0.25) is 0 Å². The number of alkyl halides is 3. The van der Waals surface area contributed by atoms with Crippen molar-refractivity contribution in [1.29, 1.82) is 0 Å². The molecule has 3 nitrogen and oxygen atoms in total. The number of hydrogen-bond acceptors (Lipinski definition) is 2. The lowest BCUT2D eigenvalue weighted by Crippen LogP contribution is -2.19. The molecule has 0 aromatic heterocycles. The molecule has 6 heteroatoms. The minimum atomic E-state index is -4.15. The van der Waals surface area contributed by atoms with Gasteiger partial charge in [-0.25, -0.2) is 0 Å². The first-order chi connectivity index (χ1) is 9.26. The topological polar surface area (TPSA) is 55.1 Å². The summed E-state index contributed by atoms with van der Waals surface area (Å²) in [4.78, 5) is 11.5. The molecule has 0 aliphatic heterocycles. The van der Waals surface area contributed by atoms with Crippen molar-refractivity contribution in [3.05, 3.63) is 29.8 Å². The van der Waals surface area contributed by atoms with Gasteiger partial charge in [-0.2, -0.15) is 13.2 Å². The van der Waals surface area contributed by atoms with Gasteiger partial charge < -0.3 is 11.1 Å². The van der Waals surface area contributed by atoms with E-state index in [0.717, 1.165) is 0 Å². The fourth-order valence-electron chi connectivity index (χ4n) is 1.62. The van der Waals surface area contributed by atoms with Crippen LogP contribution < -0.4 is 11.1 Å². The lowest BCUT2D eigenvalue weighted by molar-refractivity contribution is -0.134. The Balaban J connectivity index is 2.44. The van der Waals surface area contributed by atoms with Gasteiger partial charge in [0.2, 0.25) is 5.91 Å². The Morgan fingerprint density at radius 1 is 1.30 bits per heavy atom. The van der Waals surface area contributed by atoms with Crippen molar-refractivity contribution >= 4 is 11.6 Å². The molecule has 1 rings (SSSR count). The summed E-state index contributed by atoms with van der Waals surface area (Å²) in [6.07, 6.45) is -4.12. The van der Waals surface area contributed by atoms with E-state index < -0.39 is 12.6 Å². The first-order valence-electron chi connectivity index (χ1n) is 6.47. The largest absolute Gasteiger partial charge is 0.389 e. The third-order valence-electron chi connectivity index (χ3n) is 2.76. The Hall–Kier alpha value is -1.56. The van der Waals surface area contributed by atoms with Gasteiger partial charge in [0.1, 0.15) is 0 Å². The molecule has 1 aromatic carbocycles. The fraction of sp³-hybridized carbons (Fsp3) is 0.500. The molecule has 1 aromatic rings. The van der Waals surface area contributed by atoms with Crippen LogP contribution in [-0.2, 0) is 11.2 Å². The molecule has 0 saturated carbocycles. The number of aryl methyl sites for hydroxylation is 1. The molecule has 1 amide bonds. The molecule has 0 radical (unpaired) electrons. The molecule has 0 aliphatic carbocycles. The summed E-state index contributed by atoms with van der Waals surface area (Å²) in [5.74, 6) is -0.148. The van der Waals surface area contributed by atoms with E-state index in [0.29, 0.717) is 24.1 Å². The van der Waals surface area contributed by atoms with Crippen LogP contribution >= 0.6 is 0 Å². The summed E-state index contributed by atoms with van der Waals surface area (Å²) in [7, 11) is 0. The van der Waals surface area contributed by atoms with Crippen LogP contribution in [0.1, 0.15) is 31.7 Å². The number of anilines is 1. The summed E-state index contributed by atoms with van der Waals surface area (Å²) in [5, 5.41) is 2.68.